The van der Waals surface area contributed by atoms with Gasteiger partial charge in [-0.2, -0.15) is 4.79 Å². The Hall–Kier alpha value is -2.90. The summed E-state index contributed by atoms with van der Waals surface area (Å²) in [4.78, 5) is 35.4. The fourth-order valence-corrected chi connectivity index (χ4v) is 9.02. The Balaban J connectivity index is 0.000000252. The Morgan fingerprint density at radius 3 is 1.57 bits per heavy atom. The van der Waals surface area contributed by atoms with Crippen LogP contribution in [0.25, 0.3) is 0 Å². The van der Waals surface area contributed by atoms with Crippen molar-refractivity contribution in [1.82, 2.24) is 5.32 Å². The molecule has 4 heterocycles. The van der Waals surface area contributed by atoms with E-state index in [0.29, 0.717) is 29.8 Å². The number of epoxide rings is 4. The lowest BCUT2D eigenvalue weighted by atomic mass is 9.68. The first-order valence-electron chi connectivity index (χ1n) is 21.6. The predicted molar refractivity (Wildman–Crippen MR) is 238 cm³/mol. The summed E-state index contributed by atoms with van der Waals surface area (Å²) >= 11 is 9.53. The molecule has 0 bridgehead atoms. The monoisotopic (exact) mass is 930 g/mol. The predicted octanol–water partition coefficient (Wildman–Crippen LogP) is 6.50. The average molecular weight is 932 g/mol. The number of nitrogens with one attached hydrogen (secondary N) is 2. The summed E-state index contributed by atoms with van der Waals surface area (Å²) in [7, 11) is 10.6. The Morgan fingerprint density at radius 1 is 0.841 bits per heavy atom. The van der Waals surface area contributed by atoms with Crippen LogP contribution in [0.1, 0.15) is 67.2 Å². The van der Waals surface area contributed by atoms with E-state index in [9.17, 15) is 19.7 Å². The van der Waals surface area contributed by atoms with Gasteiger partial charge in [-0.15, -0.1) is 23.2 Å². The van der Waals surface area contributed by atoms with E-state index < -0.39 is 28.9 Å². The number of carbonyl (C=O) groups is 2. The smallest absolute Gasteiger partial charge is 0.428 e. The van der Waals surface area contributed by atoms with E-state index in [2.05, 4.69) is 71.2 Å². The van der Waals surface area contributed by atoms with Crippen LogP contribution in [0, 0.1) is 33.8 Å². The molecule has 6 aliphatic rings. The molecule has 2 aliphatic carbocycles. The molecule has 4 saturated heterocycles. The topological polar surface area (TPSA) is 190 Å². The van der Waals surface area contributed by atoms with Crippen molar-refractivity contribution in [2.45, 2.75) is 126 Å². The van der Waals surface area contributed by atoms with Gasteiger partial charge in [-0.3, -0.25) is 10.1 Å². The quantitative estimate of drug-likeness (QED) is 0.0440. The molecule has 2 saturated carbocycles. The minimum absolute atomic E-state index is 0.0422. The number of nitro groups is 1. The maximum atomic E-state index is 12.4. The van der Waals surface area contributed by atoms with Crippen LogP contribution < -0.4 is 15.0 Å². The number of nitrogens with zero attached hydrogens (tertiary/aromatic N) is 1. The number of allylic oxidation sites excluding steroid dienone is 2. The first kappa shape index (κ1) is 52.7. The molecule has 2 spiro atoms. The fourth-order valence-electron chi connectivity index (χ4n) is 9.02. The molecular weight excluding hydrogens is 861 g/mol. The standard InChI is InChI=1S/C23H29NO8.C19H31NO5.C2H7N.CH2Cl2/c1-14(2)5-10-18-22(3,32-18)20-19(28-4)17(11-12-23(20)13-29-23)31-21(25)30-16-8-6-15(7-9-16)24(26)27;1-12(2)7-8-14-18(3,25-14)16-15(22-6)13(24-17(21)20(4)5)9-10-19(16)11-23-19;1-3-2;2-1-3/h5-10,14,17-20H,11-13H2,1-4H3;7-8,12-16H,9-11H2,1-6H3;3H,1-2H3;1H2/p+1/b10-5+;8-7+;;/t17-,18-,19-,20?,22-,23+;13-,14-,15-,16?,18-,19+;;/m11../s1. The molecule has 2 N–H and O–H groups in total. The molecule has 1 amide bonds. The molecule has 12 atom stereocenters. The Labute approximate surface area is 382 Å². The van der Waals surface area contributed by atoms with Gasteiger partial charge in [0.25, 0.3) is 5.69 Å². The first-order valence-corrected chi connectivity index (χ1v) is 22.7. The van der Waals surface area contributed by atoms with Crippen LogP contribution in [0.4, 0.5) is 15.3 Å². The Morgan fingerprint density at radius 2 is 1.24 bits per heavy atom. The molecule has 4 aliphatic heterocycles. The number of ether oxygens (including phenoxy) is 9. The van der Waals surface area contributed by atoms with Crippen LogP contribution in [0.15, 0.2) is 48.6 Å². The van der Waals surface area contributed by atoms with Crippen LogP contribution in [0.2, 0.25) is 0 Å². The van der Waals surface area contributed by atoms with Crippen molar-refractivity contribution in [2.75, 3.05) is 61.0 Å². The number of amides is 1. The molecular formula is C45H70Cl2N3O13+. The van der Waals surface area contributed by atoms with Gasteiger partial charge in [-0.05, 0) is 77.6 Å². The third-order valence-corrected chi connectivity index (χ3v) is 12.3. The van der Waals surface area contributed by atoms with Crippen molar-refractivity contribution in [3.63, 3.8) is 0 Å². The van der Waals surface area contributed by atoms with Crippen LogP contribution in [0.3, 0.4) is 0 Å². The summed E-state index contributed by atoms with van der Waals surface area (Å²) in [5.41, 5.74) is -1.40. The van der Waals surface area contributed by atoms with Crippen molar-refractivity contribution >= 4 is 41.1 Å². The van der Waals surface area contributed by atoms with Gasteiger partial charge < -0.3 is 47.9 Å². The number of non-ortho nitro benzene ring substituents is 1. The van der Waals surface area contributed by atoms with Gasteiger partial charge in [0.05, 0.1) is 49.4 Å². The zero-order chi connectivity index (χ0) is 46.9. The molecule has 356 valence electrons. The minimum atomic E-state index is -0.879. The molecule has 6 fully saturated rings. The number of hydrogen-bond donors (Lipinski definition) is 2. The number of halogens is 2. The number of quaternary nitrogens is 1. The van der Waals surface area contributed by atoms with Crippen molar-refractivity contribution in [3.8, 4) is 5.75 Å². The van der Waals surface area contributed by atoms with Gasteiger partial charge in [0, 0.05) is 26.4 Å². The highest BCUT2D eigenvalue weighted by Gasteiger charge is 2.73. The van der Waals surface area contributed by atoms with Gasteiger partial charge in [0.1, 0.15) is 64.8 Å². The lowest BCUT2D eigenvalue weighted by Crippen LogP contribution is -3.08. The van der Waals surface area contributed by atoms with Gasteiger partial charge in [0.2, 0.25) is 0 Å². The average Bonchev–Trinajstić information content (AvgIpc) is 4.11. The normalized spacial score (nSPS) is 35.9. The van der Waals surface area contributed by atoms with Crippen molar-refractivity contribution in [3.05, 3.63) is 58.7 Å². The highest BCUT2D eigenvalue weighted by molar-refractivity contribution is 6.40. The van der Waals surface area contributed by atoms with Gasteiger partial charge in [0.15, 0.2) is 0 Å². The maximum Gasteiger partial charge on any atom is 0.514 e. The first-order chi connectivity index (χ1) is 29.7. The molecule has 16 nitrogen and oxygen atoms in total. The summed E-state index contributed by atoms with van der Waals surface area (Å²) in [6.07, 6.45) is 8.93. The number of rotatable bonds is 12. The molecule has 0 aromatic heterocycles. The van der Waals surface area contributed by atoms with Crippen molar-refractivity contribution in [2.24, 2.45) is 23.7 Å². The highest BCUT2D eigenvalue weighted by Crippen LogP contribution is 2.60. The fraction of sp³-hybridized carbons (Fsp3) is 0.733. The van der Waals surface area contributed by atoms with E-state index in [-0.39, 0.29) is 75.9 Å². The van der Waals surface area contributed by atoms with Gasteiger partial charge in [-0.1, -0.05) is 52.0 Å². The molecule has 7 rings (SSSR count). The number of nitro benzene ring substituents is 1. The highest BCUT2D eigenvalue weighted by atomic mass is 35.5. The molecule has 0 radical (unpaired) electrons. The van der Waals surface area contributed by atoms with E-state index in [1.165, 1.54) is 24.3 Å². The number of hydrogen-bond acceptors (Lipinski definition) is 14. The second-order valence-electron chi connectivity index (χ2n) is 18.1. The molecule has 1 aromatic carbocycles. The third kappa shape index (κ3) is 13.1. The second-order valence-corrected chi connectivity index (χ2v) is 19.0. The number of alkyl carbamates (subject to hydrolysis) is 2. The number of benzene rings is 1. The number of carbonyl (C=O) groups excluding carboxylic acids is 2. The summed E-state index contributed by atoms with van der Waals surface area (Å²) in [5, 5.41) is 13.7. The molecule has 1 aromatic rings. The summed E-state index contributed by atoms with van der Waals surface area (Å²) < 4.78 is 52.3. The van der Waals surface area contributed by atoms with Crippen LogP contribution in [0.5, 0.6) is 5.75 Å². The number of methoxy groups -OCH3 is 2. The van der Waals surface area contributed by atoms with Crippen molar-refractivity contribution < 1.29 is 62.0 Å². The van der Waals surface area contributed by atoms with Crippen molar-refractivity contribution in [1.29, 1.82) is 0 Å². The molecule has 2 unspecified atom stereocenters. The van der Waals surface area contributed by atoms with E-state index in [4.69, 9.17) is 65.8 Å². The SMILES string of the molecule is CNC.CO[C@H]1C([C@]2(C)O[C@@H]2/C=C/C(C)C)[C@]2(CC[C@H]1OC(=O)Oc1ccc([N+](=O)[O-])cc1)CO2.CO[C@H]1C([C@]2(C)O[C@@H]2/C=C/C(C)C)[C@]2(CC[C@H]1OC(=O)[NH+](C)C)CO2.ClCCl. The zero-order valence-electron chi connectivity index (χ0n) is 38.9. The van der Waals surface area contributed by atoms with E-state index in [1.54, 1.807) is 28.3 Å². The van der Waals surface area contributed by atoms with Gasteiger partial charge >= 0.3 is 12.2 Å². The van der Waals surface area contributed by atoms with Crippen LogP contribution in [-0.4, -0.2) is 137 Å². The van der Waals surface area contributed by atoms with Crippen LogP contribution >= 0.6 is 23.2 Å². The molecule has 18 heteroatoms. The second kappa shape index (κ2) is 22.5. The summed E-state index contributed by atoms with van der Waals surface area (Å²) in [6, 6.07) is 5.24. The summed E-state index contributed by atoms with van der Waals surface area (Å²) in [5.74, 6) is 1.02. The van der Waals surface area contributed by atoms with E-state index >= 15 is 0 Å². The Bertz CT molecular complexity index is 1720. The third-order valence-electron chi connectivity index (χ3n) is 12.3. The zero-order valence-corrected chi connectivity index (χ0v) is 40.4. The van der Waals surface area contributed by atoms with E-state index in [1.807, 2.05) is 14.1 Å². The molecule has 63 heavy (non-hydrogen) atoms. The lowest BCUT2D eigenvalue weighted by Gasteiger charge is -2.42. The largest absolute Gasteiger partial charge is 0.514 e. The van der Waals surface area contributed by atoms with E-state index in [0.717, 1.165) is 25.9 Å². The van der Waals surface area contributed by atoms with Crippen LogP contribution in [-0.2, 0) is 37.9 Å². The number of alkyl halides is 2. The van der Waals surface area contributed by atoms with Gasteiger partial charge in [-0.25, -0.2) is 9.69 Å². The summed E-state index contributed by atoms with van der Waals surface area (Å²) in [6.45, 7) is 14.1. The Kier molecular flexibility index (Phi) is 18.9. The maximum absolute atomic E-state index is 12.4. The lowest BCUT2D eigenvalue weighted by molar-refractivity contribution is -0.779. The minimum Gasteiger partial charge on any atom is -0.428 e.